The van der Waals surface area contributed by atoms with Crippen molar-refractivity contribution in [3.05, 3.63) is 0 Å². The van der Waals surface area contributed by atoms with Gasteiger partial charge in [0.25, 0.3) is 0 Å². The monoisotopic (exact) mass is 562 g/mol. The van der Waals surface area contributed by atoms with E-state index in [0.29, 0.717) is 32.4 Å². The summed E-state index contributed by atoms with van der Waals surface area (Å²) in [6.07, 6.45) is 8.00. The Kier molecular flexibility index (Phi) is 24.6. The van der Waals surface area contributed by atoms with Gasteiger partial charge in [0.05, 0.1) is 0 Å². The lowest BCUT2D eigenvalue weighted by Gasteiger charge is -2.20. The Balaban J connectivity index is -0.000000739. The van der Waals surface area contributed by atoms with E-state index in [1.807, 2.05) is 20.8 Å². The third-order valence-electron chi connectivity index (χ3n) is 4.77. The number of carbonyl (C=O) groups excluding carboxylic acids is 3. The van der Waals surface area contributed by atoms with Crippen LogP contribution in [0.25, 0.3) is 0 Å². The lowest BCUT2D eigenvalue weighted by Crippen LogP contribution is -2.33. The van der Waals surface area contributed by atoms with E-state index in [1.165, 1.54) is 12.8 Å². The third-order valence-corrected chi connectivity index (χ3v) is 4.77. The van der Waals surface area contributed by atoms with Crippen molar-refractivity contribution in [3.63, 3.8) is 0 Å². The maximum Gasteiger partial charge on any atom is 0.407 e. The van der Waals surface area contributed by atoms with Crippen molar-refractivity contribution >= 4 is 24.1 Å². The molecule has 232 valence electrons. The largest absolute Gasteiger partial charge is 0.481 e. The standard InChI is InChI=1S/C19H37NO4.C9H17NO4.CH4/c1-6-8-10-13-16(12-9-7-2)23-17(21)14-11-15-20-18(22)24-19(3,4)5;1-9(2,3)14-8(13)10-6-4-5-7(11)12;/h16H,6-15H2,1-5H3,(H,20,22);4-6H2,1-3H3,(H,10,13)(H,11,12);1H4. The van der Waals surface area contributed by atoms with Gasteiger partial charge in [0.1, 0.15) is 17.3 Å². The van der Waals surface area contributed by atoms with Crippen LogP contribution < -0.4 is 10.6 Å². The molecule has 0 saturated heterocycles. The van der Waals surface area contributed by atoms with Gasteiger partial charge in [0.15, 0.2) is 0 Å². The molecule has 0 aromatic rings. The fraction of sp³-hybridized carbons (Fsp3) is 0.862. The number of carbonyl (C=O) groups is 4. The van der Waals surface area contributed by atoms with E-state index in [2.05, 4.69) is 24.5 Å². The van der Waals surface area contributed by atoms with Crippen LogP contribution in [0, 0.1) is 0 Å². The molecule has 0 radical (unpaired) electrons. The Morgan fingerprint density at radius 2 is 1.13 bits per heavy atom. The number of nitrogens with one attached hydrogen (secondary N) is 2. The Morgan fingerprint density at radius 3 is 1.54 bits per heavy atom. The van der Waals surface area contributed by atoms with Gasteiger partial charge >= 0.3 is 24.1 Å². The number of unbranched alkanes of at least 4 members (excludes halogenated alkanes) is 3. The smallest absolute Gasteiger partial charge is 0.407 e. The van der Waals surface area contributed by atoms with Crippen molar-refractivity contribution in [1.82, 2.24) is 10.6 Å². The number of hydrogen-bond donors (Lipinski definition) is 3. The maximum atomic E-state index is 12.0. The lowest BCUT2D eigenvalue weighted by atomic mass is 10.1. The van der Waals surface area contributed by atoms with Crippen molar-refractivity contribution in [2.75, 3.05) is 13.1 Å². The van der Waals surface area contributed by atoms with Crippen LogP contribution in [0.2, 0.25) is 0 Å². The first-order valence-corrected chi connectivity index (χ1v) is 13.9. The summed E-state index contributed by atoms with van der Waals surface area (Å²) in [4.78, 5) is 44.6. The molecule has 0 aromatic carbocycles. The number of ether oxygens (including phenoxy) is 3. The number of carboxylic acid groups (broad SMARTS) is 1. The van der Waals surface area contributed by atoms with Crippen LogP contribution in [0.1, 0.15) is 133 Å². The van der Waals surface area contributed by atoms with Crippen LogP contribution >= 0.6 is 0 Å². The molecular formula is C29H58N2O8. The Morgan fingerprint density at radius 1 is 0.692 bits per heavy atom. The molecule has 0 heterocycles. The van der Waals surface area contributed by atoms with Crippen LogP contribution in [-0.4, -0.2) is 59.6 Å². The Hall–Kier alpha value is -2.52. The molecule has 0 spiro atoms. The molecule has 0 saturated carbocycles. The SMILES string of the molecule is C.CC(C)(C)OC(=O)NCCCC(=O)O.CCCCCC(CCCC)OC(=O)CCCNC(=O)OC(C)(C)C. The van der Waals surface area contributed by atoms with Crippen molar-refractivity contribution in [1.29, 1.82) is 0 Å². The molecule has 0 bridgehead atoms. The zero-order chi connectivity index (χ0) is 29.6. The van der Waals surface area contributed by atoms with E-state index in [-0.39, 0.29) is 25.9 Å². The molecular weight excluding hydrogens is 504 g/mol. The number of aliphatic carboxylic acids is 1. The van der Waals surface area contributed by atoms with Crippen molar-refractivity contribution in [2.45, 2.75) is 151 Å². The lowest BCUT2D eigenvalue weighted by molar-refractivity contribution is -0.150. The molecule has 0 fully saturated rings. The molecule has 0 rings (SSSR count). The summed E-state index contributed by atoms with van der Waals surface area (Å²) in [5, 5.41) is 13.4. The average Bonchev–Trinajstić information content (AvgIpc) is 2.76. The molecule has 1 unspecified atom stereocenters. The van der Waals surface area contributed by atoms with Crippen LogP contribution in [0.15, 0.2) is 0 Å². The first-order valence-electron chi connectivity index (χ1n) is 13.9. The normalized spacial score (nSPS) is 11.6. The highest BCUT2D eigenvalue weighted by Crippen LogP contribution is 2.15. The van der Waals surface area contributed by atoms with Crippen molar-refractivity contribution in [3.8, 4) is 0 Å². The van der Waals surface area contributed by atoms with Crippen molar-refractivity contribution < 1.29 is 38.5 Å². The molecule has 2 amide bonds. The number of alkyl carbamates (subject to hydrolysis) is 2. The Labute approximate surface area is 237 Å². The van der Waals surface area contributed by atoms with Gasteiger partial charge in [0.2, 0.25) is 0 Å². The molecule has 0 aromatic heterocycles. The minimum absolute atomic E-state index is 0. The van der Waals surface area contributed by atoms with Gasteiger partial charge in [-0.2, -0.15) is 0 Å². The first-order chi connectivity index (χ1) is 17.6. The predicted molar refractivity (Wildman–Crippen MR) is 155 cm³/mol. The number of amides is 2. The zero-order valence-corrected chi connectivity index (χ0v) is 25.1. The van der Waals surface area contributed by atoms with E-state index < -0.39 is 29.4 Å². The fourth-order valence-corrected chi connectivity index (χ4v) is 3.04. The average molecular weight is 563 g/mol. The predicted octanol–water partition coefficient (Wildman–Crippen LogP) is 6.99. The van der Waals surface area contributed by atoms with Gasteiger partial charge in [-0.15, -0.1) is 0 Å². The molecule has 0 aliphatic rings. The van der Waals surface area contributed by atoms with E-state index in [1.54, 1.807) is 20.8 Å². The molecule has 10 nitrogen and oxygen atoms in total. The van der Waals surface area contributed by atoms with Gasteiger partial charge in [-0.25, -0.2) is 9.59 Å². The minimum Gasteiger partial charge on any atom is -0.481 e. The number of esters is 1. The summed E-state index contributed by atoms with van der Waals surface area (Å²) < 4.78 is 15.7. The third kappa shape index (κ3) is 33.5. The first kappa shape index (κ1) is 41.0. The summed E-state index contributed by atoms with van der Waals surface area (Å²) in [5.41, 5.74) is -1.02. The second-order valence-corrected chi connectivity index (χ2v) is 11.2. The van der Waals surface area contributed by atoms with Crippen LogP contribution in [0.5, 0.6) is 0 Å². The van der Waals surface area contributed by atoms with Crippen molar-refractivity contribution in [2.24, 2.45) is 0 Å². The second-order valence-electron chi connectivity index (χ2n) is 11.2. The molecule has 0 aliphatic carbocycles. The second kappa shape index (κ2) is 23.4. The fourth-order valence-electron chi connectivity index (χ4n) is 3.04. The highest BCUT2D eigenvalue weighted by Gasteiger charge is 2.17. The van der Waals surface area contributed by atoms with Gasteiger partial charge in [-0.3, -0.25) is 9.59 Å². The number of carboxylic acids is 1. The highest BCUT2D eigenvalue weighted by atomic mass is 16.6. The van der Waals surface area contributed by atoms with Crippen LogP contribution in [-0.2, 0) is 23.8 Å². The summed E-state index contributed by atoms with van der Waals surface area (Å²) in [7, 11) is 0. The van der Waals surface area contributed by atoms with E-state index in [9.17, 15) is 19.2 Å². The summed E-state index contributed by atoms with van der Waals surface area (Å²) in [5.74, 6) is -1.03. The van der Waals surface area contributed by atoms with Crippen LogP contribution in [0.4, 0.5) is 9.59 Å². The summed E-state index contributed by atoms with van der Waals surface area (Å²) >= 11 is 0. The maximum absolute atomic E-state index is 12.0. The van der Waals surface area contributed by atoms with Gasteiger partial charge < -0.3 is 30.0 Å². The topological polar surface area (TPSA) is 140 Å². The molecule has 39 heavy (non-hydrogen) atoms. The Bertz CT molecular complexity index is 669. The number of rotatable bonds is 16. The van der Waals surface area contributed by atoms with Gasteiger partial charge in [-0.1, -0.05) is 47.0 Å². The summed E-state index contributed by atoms with van der Waals surface area (Å²) in [6.45, 7) is 15.8. The molecule has 1 atom stereocenters. The molecule has 0 aliphatic heterocycles. The van der Waals surface area contributed by atoms with Gasteiger partial charge in [-0.05, 0) is 73.6 Å². The quantitative estimate of drug-likeness (QED) is 0.104. The zero-order valence-electron chi connectivity index (χ0n) is 25.1. The number of hydrogen-bond acceptors (Lipinski definition) is 7. The van der Waals surface area contributed by atoms with Gasteiger partial charge in [0, 0.05) is 25.9 Å². The highest BCUT2D eigenvalue weighted by molar-refractivity contribution is 5.70. The van der Waals surface area contributed by atoms with E-state index in [0.717, 1.165) is 32.1 Å². The molecule has 10 heteroatoms. The van der Waals surface area contributed by atoms with Crippen LogP contribution in [0.3, 0.4) is 0 Å². The summed E-state index contributed by atoms with van der Waals surface area (Å²) in [6, 6.07) is 0. The van der Waals surface area contributed by atoms with E-state index >= 15 is 0 Å². The van der Waals surface area contributed by atoms with E-state index in [4.69, 9.17) is 19.3 Å². The minimum atomic E-state index is -0.865. The molecule has 3 N–H and O–H groups in total.